The van der Waals surface area contributed by atoms with E-state index in [4.69, 9.17) is 15.6 Å². The van der Waals surface area contributed by atoms with E-state index in [9.17, 15) is 4.79 Å². The second-order valence-electron chi connectivity index (χ2n) is 10.0. The number of anilines is 2. The molecule has 0 saturated carbocycles. The summed E-state index contributed by atoms with van der Waals surface area (Å²) in [5.41, 5.74) is 9.95. The van der Waals surface area contributed by atoms with E-state index in [1.54, 1.807) is 6.07 Å². The van der Waals surface area contributed by atoms with Crippen LogP contribution < -0.4 is 16.0 Å². The molecule has 6 rings (SSSR count). The zero-order chi connectivity index (χ0) is 28.2. The number of halogens is 2. The van der Waals surface area contributed by atoms with Gasteiger partial charge in [0.25, 0.3) is 5.91 Å². The van der Waals surface area contributed by atoms with Gasteiger partial charge >= 0.3 is 0 Å². The quantitative estimate of drug-likeness (QED) is 0.443. The van der Waals surface area contributed by atoms with E-state index in [1.165, 1.54) is 18.9 Å². The van der Waals surface area contributed by atoms with E-state index in [2.05, 4.69) is 25.1 Å². The minimum atomic E-state index is -0.810. The Morgan fingerprint density at radius 2 is 1.75 bits per heavy atom. The molecule has 2 aromatic carbocycles. The molecule has 0 bridgehead atoms. The predicted molar refractivity (Wildman–Crippen MR) is 149 cm³/mol. The number of benzene rings is 2. The number of nitrogens with zero attached hydrogens (tertiary/aromatic N) is 4. The number of nitrogens with one attached hydrogen (secondary N) is 1. The molecule has 40 heavy (non-hydrogen) atoms. The molecule has 4 N–H and O–H groups in total. The lowest BCUT2D eigenvalue weighted by Crippen LogP contribution is -2.37. The van der Waals surface area contributed by atoms with Gasteiger partial charge in [-0.15, -0.1) is 0 Å². The SMILES string of the molecule is CO.Nc1nc(F)c(-c2ccc(N3CCOCC3)c(CN3CCCC3)c2)nc1-c1cc2c(cc1F)C(=O)NCC2. The number of carbonyl (C=O) groups is 1. The number of amides is 1. The van der Waals surface area contributed by atoms with Crippen molar-refractivity contribution in [2.45, 2.75) is 25.8 Å². The summed E-state index contributed by atoms with van der Waals surface area (Å²) in [4.78, 5) is 25.3. The van der Waals surface area contributed by atoms with Crippen molar-refractivity contribution in [2.75, 3.05) is 63.7 Å². The molecular formula is C29H34F2N6O3. The van der Waals surface area contributed by atoms with Gasteiger partial charge in [-0.2, -0.15) is 9.37 Å². The highest BCUT2D eigenvalue weighted by Gasteiger charge is 2.25. The molecule has 0 spiro atoms. The monoisotopic (exact) mass is 552 g/mol. The summed E-state index contributed by atoms with van der Waals surface area (Å²) in [5, 5.41) is 9.71. The van der Waals surface area contributed by atoms with Crippen LogP contribution in [0.2, 0.25) is 0 Å². The largest absolute Gasteiger partial charge is 0.400 e. The summed E-state index contributed by atoms with van der Waals surface area (Å²) in [6.07, 6.45) is 2.89. The third kappa shape index (κ3) is 5.63. The molecule has 3 aromatic rings. The van der Waals surface area contributed by atoms with Gasteiger partial charge in [-0.05, 0) is 67.7 Å². The number of likely N-dealkylation sites (tertiary alicyclic amines) is 1. The Labute approximate surface area is 232 Å². The fraction of sp³-hybridized carbons (Fsp3) is 0.414. The molecule has 0 aliphatic carbocycles. The van der Waals surface area contributed by atoms with Gasteiger partial charge < -0.3 is 25.8 Å². The Balaban J connectivity index is 0.00000158. The minimum absolute atomic E-state index is 0.0141. The molecule has 9 nitrogen and oxygen atoms in total. The van der Waals surface area contributed by atoms with Crippen LogP contribution in [0.1, 0.15) is 34.3 Å². The number of aliphatic hydroxyl groups is 1. The van der Waals surface area contributed by atoms with E-state index in [1.807, 2.05) is 18.2 Å². The number of aliphatic hydroxyl groups excluding tert-OH is 1. The molecule has 11 heteroatoms. The van der Waals surface area contributed by atoms with Crippen molar-refractivity contribution in [1.29, 1.82) is 0 Å². The third-order valence-corrected chi connectivity index (χ3v) is 7.55. The average molecular weight is 553 g/mol. The van der Waals surface area contributed by atoms with Crippen LogP contribution in [0.15, 0.2) is 30.3 Å². The first-order chi connectivity index (χ1) is 19.5. The number of fused-ring (bicyclic) bond motifs is 1. The highest BCUT2D eigenvalue weighted by molar-refractivity contribution is 5.97. The van der Waals surface area contributed by atoms with Crippen molar-refractivity contribution in [1.82, 2.24) is 20.2 Å². The summed E-state index contributed by atoms with van der Waals surface area (Å²) < 4.78 is 35.9. The van der Waals surface area contributed by atoms with Crippen LogP contribution in [0.3, 0.4) is 0 Å². The van der Waals surface area contributed by atoms with E-state index < -0.39 is 11.8 Å². The van der Waals surface area contributed by atoms with Gasteiger partial charge in [0.05, 0.1) is 13.2 Å². The fourth-order valence-electron chi connectivity index (χ4n) is 5.59. The van der Waals surface area contributed by atoms with Crippen molar-refractivity contribution < 1.29 is 23.4 Å². The second kappa shape index (κ2) is 12.2. The summed E-state index contributed by atoms with van der Waals surface area (Å²) in [6, 6.07) is 8.56. The van der Waals surface area contributed by atoms with Crippen molar-refractivity contribution in [3.8, 4) is 22.5 Å². The van der Waals surface area contributed by atoms with E-state index in [-0.39, 0.29) is 34.2 Å². The number of hydrogen-bond acceptors (Lipinski definition) is 8. The number of ether oxygens (including phenoxy) is 1. The number of nitrogen functional groups attached to an aromatic ring is 1. The van der Waals surface area contributed by atoms with Gasteiger partial charge in [0.2, 0.25) is 5.95 Å². The van der Waals surface area contributed by atoms with E-state index in [0.717, 1.165) is 51.1 Å². The third-order valence-electron chi connectivity index (χ3n) is 7.55. The average Bonchev–Trinajstić information content (AvgIpc) is 3.48. The maximum absolute atomic E-state index is 15.2. The molecule has 2 saturated heterocycles. The van der Waals surface area contributed by atoms with E-state index >= 15 is 8.78 Å². The summed E-state index contributed by atoms with van der Waals surface area (Å²) in [7, 11) is 1.00. The molecule has 212 valence electrons. The van der Waals surface area contributed by atoms with Crippen molar-refractivity contribution in [3.63, 3.8) is 0 Å². The molecule has 3 aliphatic heterocycles. The van der Waals surface area contributed by atoms with Gasteiger partial charge in [-0.1, -0.05) is 6.07 Å². The smallest absolute Gasteiger partial charge is 0.251 e. The van der Waals surface area contributed by atoms with E-state index in [0.29, 0.717) is 37.3 Å². The van der Waals surface area contributed by atoms with Crippen LogP contribution in [0.25, 0.3) is 22.5 Å². The Hall–Kier alpha value is -3.67. The van der Waals surface area contributed by atoms with Gasteiger partial charge in [0.15, 0.2) is 5.82 Å². The number of morpholine rings is 1. The normalized spacial score (nSPS) is 17.2. The molecule has 1 amide bonds. The van der Waals surface area contributed by atoms with Crippen LogP contribution in [0, 0.1) is 11.8 Å². The Bertz CT molecular complexity index is 1390. The standard InChI is InChI=1S/C28H30F2N6O2.CH4O/c29-22-15-20-17(5-6-32-28(20)37)14-21(22)25-27(31)34-26(30)24(33-25)18-3-4-23(36-9-11-38-12-10-36)19(13-18)16-35-7-1-2-8-35;1-2/h3-4,13-15H,1-2,5-12,16H2,(H2,31,34)(H,32,37);2H,1H3. The van der Waals surface area contributed by atoms with Crippen LogP contribution in [-0.2, 0) is 17.7 Å². The summed E-state index contributed by atoms with van der Waals surface area (Å²) in [5.74, 6) is -1.99. The number of nitrogens with two attached hydrogens (primary N) is 1. The van der Waals surface area contributed by atoms with Crippen molar-refractivity contribution >= 4 is 17.4 Å². The lowest BCUT2D eigenvalue weighted by Gasteiger charge is -2.31. The Morgan fingerprint density at radius 1 is 1.00 bits per heavy atom. The number of carbonyl (C=O) groups excluding carboxylic acids is 1. The topological polar surface area (TPSA) is 117 Å². The first kappa shape index (κ1) is 27.9. The van der Waals surface area contributed by atoms with Crippen molar-refractivity contribution in [2.24, 2.45) is 0 Å². The summed E-state index contributed by atoms with van der Waals surface area (Å²) in [6.45, 7) is 6.19. The second-order valence-corrected chi connectivity index (χ2v) is 10.0. The molecule has 0 atom stereocenters. The molecule has 0 radical (unpaired) electrons. The highest BCUT2D eigenvalue weighted by Crippen LogP contribution is 2.34. The minimum Gasteiger partial charge on any atom is -0.400 e. The van der Waals surface area contributed by atoms with Crippen molar-refractivity contribution in [3.05, 3.63) is 58.8 Å². The lowest BCUT2D eigenvalue weighted by atomic mass is 9.96. The lowest BCUT2D eigenvalue weighted by molar-refractivity contribution is 0.0945. The molecular weight excluding hydrogens is 518 g/mol. The van der Waals surface area contributed by atoms with Gasteiger partial charge in [-0.3, -0.25) is 9.69 Å². The first-order valence-electron chi connectivity index (χ1n) is 13.5. The Kier molecular flexibility index (Phi) is 8.53. The van der Waals surface area contributed by atoms with Gasteiger partial charge in [-0.25, -0.2) is 9.37 Å². The number of rotatable bonds is 5. The van der Waals surface area contributed by atoms with Gasteiger partial charge in [0, 0.05) is 55.7 Å². The fourth-order valence-corrected chi connectivity index (χ4v) is 5.59. The highest BCUT2D eigenvalue weighted by atomic mass is 19.1. The Morgan fingerprint density at radius 3 is 2.50 bits per heavy atom. The van der Waals surface area contributed by atoms with Crippen LogP contribution in [-0.4, -0.2) is 78.9 Å². The number of aromatic nitrogens is 2. The molecule has 3 aliphatic rings. The summed E-state index contributed by atoms with van der Waals surface area (Å²) >= 11 is 0. The van der Waals surface area contributed by atoms with Gasteiger partial charge in [0.1, 0.15) is 17.2 Å². The molecule has 2 fully saturated rings. The predicted octanol–water partition coefficient (Wildman–Crippen LogP) is 3.00. The maximum Gasteiger partial charge on any atom is 0.251 e. The van der Waals surface area contributed by atoms with Crippen LogP contribution >= 0.6 is 0 Å². The first-order valence-corrected chi connectivity index (χ1v) is 13.5. The van der Waals surface area contributed by atoms with Crippen LogP contribution in [0.5, 0.6) is 0 Å². The zero-order valence-electron chi connectivity index (χ0n) is 22.6. The molecule has 4 heterocycles. The molecule has 1 aromatic heterocycles. The maximum atomic E-state index is 15.2. The molecule has 0 unspecified atom stereocenters. The van der Waals surface area contributed by atoms with Crippen LogP contribution in [0.4, 0.5) is 20.3 Å². The zero-order valence-corrected chi connectivity index (χ0v) is 22.6. The number of hydrogen-bond donors (Lipinski definition) is 3.